The van der Waals surface area contributed by atoms with Crippen molar-refractivity contribution in [3.63, 3.8) is 0 Å². The molecule has 1 aliphatic carbocycles. The van der Waals surface area contributed by atoms with Crippen LogP contribution < -0.4 is 24.8 Å². The summed E-state index contributed by atoms with van der Waals surface area (Å²) in [6, 6.07) is 3.60. The molecule has 6 nitrogen and oxygen atoms in total. The molecule has 1 heterocycles. The maximum Gasteiger partial charge on any atom is 0.255 e. The summed E-state index contributed by atoms with van der Waals surface area (Å²) in [6.07, 6.45) is 0. The van der Waals surface area contributed by atoms with E-state index in [1.54, 1.807) is 26.4 Å². The Morgan fingerprint density at radius 1 is 1.05 bits per heavy atom. The van der Waals surface area contributed by atoms with E-state index < -0.39 is 0 Å². The first-order chi connectivity index (χ1) is 10.2. The quantitative estimate of drug-likeness (QED) is 0.834. The van der Waals surface area contributed by atoms with Crippen LogP contribution >= 0.6 is 0 Å². The van der Waals surface area contributed by atoms with E-state index in [2.05, 4.69) is 10.6 Å². The van der Waals surface area contributed by atoms with Crippen LogP contribution in [0.4, 0.5) is 0 Å². The summed E-state index contributed by atoms with van der Waals surface area (Å²) in [5.41, 5.74) is 0.466. The number of hydrogen-bond donors (Lipinski definition) is 2. The van der Waals surface area contributed by atoms with E-state index in [1.165, 1.54) is 7.11 Å². The van der Waals surface area contributed by atoms with Gasteiger partial charge in [-0.1, -0.05) is 0 Å². The fourth-order valence-electron chi connectivity index (χ4n) is 3.07. The van der Waals surface area contributed by atoms with Gasteiger partial charge >= 0.3 is 0 Å². The predicted molar refractivity (Wildman–Crippen MR) is 77.2 cm³/mol. The van der Waals surface area contributed by atoms with Crippen LogP contribution in [0.2, 0.25) is 0 Å². The topological polar surface area (TPSA) is 68.8 Å². The third-order valence-electron chi connectivity index (χ3n) is 4.34. The number of methoxy groups -OCH3 is 3. The minimum absolute atomic E-state index is 0.132. The molecular weight excluding hydrogens is 272 g/mol. The molecule has 1 amide bonds. The van der Waals surface area contributed by atoms with Crippen molar-refractivity contribution in [2.75, 3.05) is 34.4 Å². The van der Waals surface area contributed by atoms with Gasteiger partial charge in [-0.15, -0.1) is 0 Å². The molecular formula is C15H20N2O4. The van der Waals surface area contributed by atoms with E-state index in [-0.39, 0.29) is 11.9 Å². The number of benzene rings is 1. The number of ether oxygens (including phenoxy) is 3. The molecule has 114 valence electrons. The molecule has 1 aromatic carbocycles. The van der Waals surface area contributed by atoms with Gasteiger partial charge in [-0.25, -0.2) is 0 Å². The van der Waals surface area contributed by atoms with Gasteiger partial charge in [-0.2, -0.15) is 0 Å². The Balaban J connectivity index is 1.81. The fourth-order valence-corrected chi connectivity index (χ4v) is 3.07. The van der Waals surface area contributed by atoms with Crippen molar-refractivity contribution in [1.82, 2.24) is 10.6 Å². The zero-order chi connectivity index (χ0) is 15.0. The smallest absolute Gasteiger partial charge is 0.255 e. The number of carbonyl (C=O) groups is 1. The number of hydrogen-bond acceptors (Lipinski definition) is 5. The van der Waals surface area contributed by atoms with Gasteiger partial charge in [0.05, 0.1) is 26.9 Å². The lowest BCUT2D eigenvalue weighted by atomic mass is 10.1. The second-order valence-electron chi connectivity index (χ2n) is 5.39. The van der Waals surface area contributed by atoms with Gasteiger partial charge in [-0.05, 0) is 11.8 Å². The average molecular weight is 292 g/mol. The monoisotopic (exact) mass is 292 g/mol. The summed E-state index contributed by atoms with van der Waals surface area (Å²) in [5, 5.41) is 6.39. The van der Waals surface area contributed by atoms with Crippen molar-refractivity contribution in [2.45, 2.75) is 6.04 Å². The van der Waals surface area contributed by atoms with Gasteiger partial charge in [0, 0.05) is 31.3 Å². The molecule has 0 bridgehead atoms. The minimum Gasteiger partial charge on any atom is -0.496 e. The highest BCUT2D eigenvalue weighted by Crippen LogP contribution is 2.42. The number of fused-ring (bicyclic) bond motifs is 1. The Morgan fingerprint density at radius 3 is 2.19 bits per heavy atom. The first-order valence-corrected chi connectivity index (χ1v) is 7.01. The Kier molecular flexibility index (Phi) is 3.63. The summed E-state index contributed by atoms with van der Waals surface area (Å²) in [6.45, 7) is 1.97. The second-order valence-corrected chi connectivity index (χ2v) is 5.39. The zero-order valence-electron chi connectivity index (χ0n) is 12.4. The molecule has 1 aliphatic heterocycles. The van der Waals surface area contributed by atoms with E-state index in [9.17, 15) is 4.79 Å². The molecule has 0 aromatic heterocycles. The number of carbonyl (C=O) groups excluding carboxylic acids is 1. The Labute approximate surface area is 123 Å². The third kappa shape index (κ3) is 2.40. The average Bonchev–Trinajstić information content (AvgIpc) is 2.95. The van der Waals surface area contributed by atoms with Crippen LogP contribution in [0, 0.1) is 11.8 Å². The first kappa shape index (κ1) is 14.0. The lowest BCUT2D eigenvalue weighted by Gasteiger charge is -2.14. The van der Waals surface area contributed by atoms with Crippen LogP contribution in [0.5, 0.6) is 17.2 Å². The van der Waals surface area contributed by atoms with Crippen molar-refractivity contribution in [2.24, 2.45) is 11.8 Å². The van der Waals surface area contributed by atoms with E-state index in [0.717, 1.165) is 13.1 Å². The molecule has 2 unspecified atom stereocenters. The summed E-state index contributed by atoms with van der Waals surface area (Å²) < 4.78 is 15.8. The highest BCUT2D eigenvalue weighted by molar-refractivity contribution is 5.98. The molecule has 2 fully saturated rings. The van der Waals surface area contributed by atoms with Gasteiger partial charge in [0.25, 0.3) is 5.91 Å². The molecule has 1 saturated heterocycles. The maximum atomic E-state index is 12.5. The van der Waals surface area contributed by atoms with Crippen LogP contribution in [0.3, 0.4) is 0 Å². The molecule has 0 spiro atoms. The van der Waals surface area contributed by atoms with Crippen molar-refractivity contribution < 1.29 is 19.0 Å². The van der Waals surface area contributed by atoms with Crippen LogP contribution in [0.15, 0.2) is 12.1 Å². The van der Waals surface area contributed by atoms with E-state index in [1.807, 2.05) is 0 Å². The lowest BCUT2D eigenvalue weighted by molar-refractivity contribution is 0.0943. The van der Waals surface area contributed by atoms with Crippen molar-refractivity contribution in [3.8, 4) is 17.2 Å². The molecule has 21 heavy (non-hydrogen) atoms. The van der Waals surface area contributed by atoms with Crippen LogP contribution in [-0.4, -0.2) is 46.4 Å². The van der Waals surface area contributed by atoms with Crippen LogP contribution in [0.25, 0.3) is 0 Å². The second kappa shape index (κ2) is 5.44. The molecule has 0 radical (unpaired) electrons. The van der Waals surface area contributed by atoms with Crippen molar-refractivity contribution >= 4 is 5.91 Å². The normalized spacial score (nSPS) is 26.0. The van der Waals surface area contributed by atoms with Gasteiger partial charge in [-0.3, -0.25) is 4.79 Å². The molecule has 1 saturated carbocycles. The summed E-state index contributed by atoms with van der Waals surface area (Å²) >= 11 is 0. The van der Waals surface area contributed by atoms with Gasteiger partial charge in [0.1, 0.15) is 5.75 Å². The number of rotatable bonds is 5. The molecule has 1 aromatic rings. The number of nitrogens with one attached hydrogen (secondary N) is 2. The SMILES string of the molecule is COc1cc(OC)c(C(=O)NC2C3CNCC32)cc1OC. The highest BCUT2D eigenvalue weighted by atomic mass is 16.5. The summed E-state index contributed by atoms with van der Waals surface area (Å²) in [5.74, 6) is 2.54. The Hall–Kier alpha value is -1.95. The van der Waals surface area contributed by atoms with Gasteiger partial charge in [0.15, 0.2) is 11.5 Å². The fraction of sp³-hybridized carbons (Fsp3) is 0.533. The predicted octanol–water partition coefficient (Wildman–Crippen LogP) is 0.660. The molecule has 2 aliphatic rings. The summed E-state index contributed by atoms with van der Waals surface area (Å²) in [7, 11) is 4.63. The third-order valence-corrected chi connectivity index (χ3v) is 4.34. The summed E-state index contributed by atoms with van der Waals surface area (Å²) in [4.78, 5) is 12.5. The lowest BCUT2D eigenvalue weighted by Crippen LogP contribution is -2.32. The van der Waals surface area contributed by atoms with Gasteiger partial charge < -0.3 is 24.8 Å². The van der Waals surface area contributed by atoms with Crippen molar-refractivity contribution in [1.29, 1.82) is 0 Å². The zero-order valence-corrected chi connectivity index (χ0v) is 12.4. The van der Waals surface area contributed by atoms with Crippen LogP contribution in [0.1, 0.15) is 10.4 Å². The largest absolute Gasteiger partial charge is 0.496 e. The Morgan fingerprint density at radius 2 is 1.62 bits per heavy atom. The number of amides is 1. The maximum absolute atomic E-state index is 12.5. The van der Waals surface area contributed by atoms with E-state index >= 15 is 0 Å². The van der Waals surface area contributed by atoms with Gasteiger partial charge in [0.2, 0.25) is 0 Å². The van der Waals surface area contributed by atoms with Crippen molar-refractivity contribution in [3.05, 3.63) is 17.7 Å². The minimum atomic E-state index is -0.132. The standard InChI is InChI=1S/C15H20N2O4/c1-19-11-5-13(21-3)12(20-2)4-8(11)15(18)17-14-9-6-16-7-10(9)14/h4-5,9-10,14,16H,6-7H2,1-3H3,(H,17,18). The first-order valence-electron chi connectivity index (χ1n) is 7.01. The Bertz CT molecular complexity index is 551. The number of piperidine rings is 1. The van der Waals surface area contributed by atoms with E-state index in [4.69, 9.17) is 14.2 Å². The van der Waals surface area contributed by atoms with Crippen LogP contribution in [-0.2, 0) is 0 Å². The molecule has 2 atom stereocenters. The van der Waals surface area contributed by atoms with E-state index in [0.29, 0.717) is 34.6 Å². The molecule has 3 rings (SSSR count). The molecule has 6 heteroatoms. The highest BCUT2D eigenvalue weighted by Gasteiger charge is 2.53. The molecule has 2 N–H and O–H groups in total.